The number of fused-ring (bicyclic) bond motifs is 3. The van der Waals surface area contributed by atoms with Crippen molar-refractivity contribution in [2.45, 2.75) is 272 Å². The minimum absolute atomic E-state index is 0.0376. The third-order valence-corrected chi connectivity index (χ3v) is 26.6. The van der Waals surface area contributed by atoms with Crippen LogP contribution in [0.1, 0.15) is 283 Å². The fourth-order valence-corrected chi connectivity index (χ4v) is 18.7. The third-order valence-electron chi connectivity index (χ3n) is 24.5. The van der Waals surface area contributed by atoms with Crippen molar-refractivity contribution in [3.63, 3.8) is 0 Å². The van der Waals surface area contributed by atoms with Crippen molar-refractivity contribution >= 4 is 109 Å². The summed E-state index contributed by atoms with van der Waals surface area (Å²) in [5.74, 6) is 2.26. The lowest BCUT2D eigenvalue weighted by Gasteiger charge is -2.22. The zero-order chi connectivity index (χ0) is 96.0. The largest absolute Gasteiger partial charge is 0.494 e. The highest BCUT2D eigenvalue weighted by molar-refractivity contribution is 8.00. The normalized spacial score (nSPS) is 11.7. The van der Waals surface area contributed by atoms with Crippen LogP contribution in [-0.2, 0) is 45.2 Å². The van der Waals surface area contributed by atoms with Crippen LogP contribution in [-0.4, -0.2) is 136 Å². The minimum Gasteiger partial charge on any atom is -0.494 e. The molecule has 0 aliphatic heterocycles. The van der Waals surface area contributed by atoms with Gasteiger partial charge in [0.15, 0.2) is 0 Å². The summed E-state index contributed by atoms with van der Waals surface area (Å²) in [5.41, 5.74) is 8.68. The molecule has 0 atom stereocenters. The number of carbonyl (C=O) groups is 4. The number of hydrogen-bond donors (Lipinski definition) is 0. The molecular weight excluding hydrogens is 1740 g/mol. The van der Waals surface area contributed by atoms with Gasteiger partial charge in [-0.05, 0) is 135 Å². The number of thioether (sulfide) groups is 2. The van der Waals surface area contributed by atoms with Crippen molar-refractivity contribution in [3.8, 4) is 51.6 Å². The first-order valence-electron chi connectivity index (χ1n) is 50.5. The van der Waals surface area contributed by atoms with Crippen LogP contribution in [0.5, 0.6) is 23.0 Å². The quantitative estimate of drug-likeness (QED) is 0.00861. The summed E-state index contributed by atoms with van der Waals surface area (Å²) in [5, 5.41) is 14.7. The molecule has 10 rings (SSSR count). The molecule has 136 heavy (non-hydrogen) atoms. The van der Waals surface area contributed by atoms with E-state index in [1.54, 1.807) is 26.2 Å². The van der Waals surface area contributed by atoms with Gasteiger partial charge in [-0.15, -0.1) is 0 Å². The topological polar surface area (TPSA) is 232 Å². The molecule has 10 aromatic rings. The van der Waals surface area contributed by atoms with Crippen LogP contribution in [0, 0.1) is 17.9 Å². The predicted octanol–water partition coefficient (Wildman–Crippen LogP) is 24.8. The maximum Gasteiger partial charge on any atom is 0.333 e. The Morgan fingerprint density at radius 3 is 1.12 bits per heavy atom. The molecule has 0 unspecified atom stereocenters. The van der Waals surface area contributed by atoms with Gasteiger partial charge in [0.05, 0.1) is 89.5 Å². The fourth-order valence-electron chi connectivity index (χ4n) is 17.3. The van der Waals surface area contributed by atoms with Gasteiger partial charge in [0.2, 0.25) is 5.70 Å². The Kier molecular flexibility index (Phi) is 48.6. The molecule has 724 valence electrons. The average Bonchev–Trinajstić information content (AvgIpc) is 1.53. The van der Waals surface area contributed by atoms with Crippen LogP contribution in [0.15, 0.2) is 182 Å². The number of rotatable bonds is 69. The van der Waals surface area contributed by atoms with Crippen LogP contribution >= 0.6 is 23.5 Å². The van der Waals surface area contributed by atoms with E-state index in [9.17, 15) is 31.0 Å². The molecule has 6 aromatic carbocycles. The molecule has 0 aliphatic rings. The Labute approximate surface area is 817 Å². The molecule has 20 nitrogen and oxygen atoms in total. The molecule has 0 saturated carbocycles. The van der Waals surface area contributed by atoms with Crippen LogP contribution in [0.25, 0.3) is 71.5 Å². The van der Waals surface area contributed by atoms with E-state index in [4.69, 9.17) is 57.8 Å². The Balaban J connectivity index is 1.000. The molecule has 0 spiro atoms. The minimum atomic E-state index is -0.619. The molecule has 0 radical (unpaired) electrons. The molecular formula is C113H145BN8O12S2. The highest BCUT2D eigenvalue weighted by Gasteiger charge is 2.35. The number of nitrogens with zero attached hydrogens (tertiary/aromatic N) is 8. The van der Waals surface area contributed by atoms with Gasteiger partial charge < -0.3 is 46.9 Å². The van der Waals surface area contributed by atoms with Crippen molar-refractivity contribution in [2.75, 3.05) is 75.9 Å². The summed E-state index contributed by atoms with van der Waals surface area (Å²) in [4.78, 5) is 73.9. The number of unbranched alkanes of at least 4 members (excludes halogenated alkanes) is 34. The second-order valence-corrected chi connectivity index (χ2v) is 37.8. The van der Waals surface area contributed by atoms with E-state index in [1.165, 1.54) is 229 Å². The first-order chi connectivity index (χ1) is 66.7. The zero-order valence-corrected chi connectivity index (χ0v) is 83.3. The van der Waals surface area contributed by atoms with Crippen molar-refractivity contribution in [1.82, 2.24) is 29.0 Å². The Morgan fingerprint density at radius 2 is 0.743 bits per heavy atom. The summed E-state index contributed by atoms with van der Waals surface area (Å²) >= 11 is 2.85. The Morgan fingerprint density at radius 1 is 0.404 bits per heavy atom. The van der Waals surface area contributed by atoms with Crippen molar-refractivity contribution < 1.29 is 57.1 Å². The summed E-state index contributed by atoms with van der Waals surface area (Å²) in [6, 6.07) is 51.0. The number of esters is 4. The van der Waals surface area contributed by atoms with E-state index in [0.717, 1.165) is 59.2 Å². The van der Waals surface area contributed by atoms with E-state index in [-0.39, 0.29) is 60.3 Å². The first-order valence-corrected chi connectivity index (χ1v) is 52.8. The predicted molar refractivity (Wildman–Crippen MR) is 558 cm³/mol. The molecule has 0 N–H and O–H groups in total. The van der Waals surface area contributed by atoms with Crippen molar-refractivity contribution in [2.24, 2.45) is 7.05 Å². The van der Waals surface area contributed by atoms with E-state index >= 15 is 0 Å². The number of aromatic nitrogens is 6. The van der Waals surface area contributed by atoms with Crippen LogP contribution in [0.2, 0.25) is 0 Å². The van der Waals surface area contributed by atoms with Gasteiger partial charge in [0.1, 0.15) is 66.8 Å². The molecule has 0 saturated heterocycles. The Hall–Kier alpha value is -11.1. The van der Waals surface area contributed by atoms with Gasteiger partial charge >= 0.3 is 30.7 Å². The van der Waals surface area contributed by atoms with Gasteiger partial charge in [-0.1, -0.05) is 317 Å². The summed E-state index contributed by atoms with van der Waals surface area (Å²) in [6.45, 7) is 25.7. The maximum atomic E-state index is 12.5. The second-order valence-electron chi connectivity index (χ2n) is 35.6. The highest BCUT2D eigenvalue weighted by atomic mass is 32.2. The monoisotopic (exact) mass is 1880 g/mol. The fraction of sp³-hybridized carbons (Fsp3) is 0.487. The van der Waals surface area contributed by atoms with E-state index < -0.39 is 30.7 Å². The maximum absolute atomic E-state index is 12.5. The summed E-state index contributed by atoms with van der Waals surface area (Å²) in [6.07, 6.45) is 51.4. The SMILES string of the molecule is [C-]#[N+]/C(c1cnc2cc(OCCCSCC(=O)OCCOC(=O)C(=C)C)ccc2n1)=c1\c2c(-c3ccc(OCCCCCCCCCCCCCCCCCCCC)cc3)n(C)/c(=C(/C#N)c3cnc4cc(OCCCSCC(=O)OCCOC(=O)C(=C)C)ccc4n3)c2c(-c2ccc(OCCCCCCCCCCCCCCCCCCCC)cc2)n1B(c1ccccc1)c1ccccc1. The van der Waals surface area contributed by atoms with E-state index in [1.807, 2.05) is 104 Å². The standard InChI is InChI=1S/C113H145BN8O12S2/c1-9-11-13-15-17-19-21-23-25-27-29-31-33-35-37-39-41-49-69-127-92-61-57-88(58-62-92)108-105-106(110(121(108)8)96(81-115)101-82-117-99-79-94(65-67-97(99)119-101)129-71-51-77-135-84-103(123)131-73-75-133-112(125)86(3)4)109(89-59-63-93(64-60-89)128-70-50-42-40-38-36-34-32-30-28-26-24-22-20-18-16-14-12-10-2)122(114(90-53-45-43-46-54-90)91-55-47-44-48-56-91)111(105)107(116-7)102-83-118-100-80-95(66-68-98(100)120-102)130-72-52-78-136-85-104(124)132-74-76-134-113(126)87(5)6/h43-48,53-68,79-80,82-83H,3,5,9-42,49-52,69-78,84-85H2,1-2,4,6,8H3/b110-96-,111-107+. The lowest BCUT2D eigenvalue weighted by molar-refractivity contribution is -0.148. The average molecular weight is 1880 g/mol. The highest BCUT2D eigenvalue weighted by Crippen LogP contribution is 2.38. The van der Waals surface area contributed by atoms with Crippen LogP contribution in [0.3, 0.4) is 0 Å². The van der Waals surface area contributed by atoms with Gasteiger partial charge in [0, 0.05) is 58.3 Å². The molecule has 4 aromatic heterocycles. The lowest BCUT2D eigenvalue weighted by Crippen LogP contribution is -2.53. The number of ether oxygens (including phenoxy) is 8. The molecule has 0 fully saturated rings. The second kappa shape index (κ2) is 61.9. The summed E-state index contributed by atoms with van der Waals surface area (Å²) < 4.78 is 50.8. The molecule has 4 heterocycles. The van der Waals surface area contributed by atoms with Gasteiger partial charge in [-0.25, -0.2) is 19.4 Å². The van der Waals surface area contributed by atoms with E-state index in [2.05, 4.69) is 95.5 Å². The van der Waals surface area contributed by atoms with Crippen LogP contribution < -0.4 is 40.6 Å². The number of nitriles is 1. The van der Waals surface area contributed by atoms with E-state index in [0.29, 0.717) is 129 Å². The number of carbonyl (C=O) groups excluding carboxylic acids is 4. The molecule has 0 bridgehead atoms. The molecule has 0 aliphatic carbocycles. The zero-order valence-electron chi connectivity index (χ0n) is 81.7. The van der Waals surface area contributed by atoms with Gasteiger partial charge in [0.25, 0.3) is 0 Å². The lowest BCUT2D eigenvalue weighted by atomic mass is 9.50. The number of benzene rings is 6. The molecule has 0 amide bonds. The molecule has 23 heteroatoms. The third kappa shape index (κ3) is 35.5. The van der Waals surface area contributed by atoms with Crippen LogP contribution in [0.4, 0.5) is 0 Å². The summed E-state index contributed by atoms with van der Waals surface area (Å²) in [7, 11) is 1.99. The number of hydrogen-bond acceptors (Lipinski definition) is 19. The van der Waals surface area contributed by atoms with Crippen molar-refractivity contribution in [3.05, 3.63) is 216 Å². The smallest absolute Gasteiger partial charge is 0.333 e. The first kappa shape index (κ1) is 107. The van der Waals surface area contributed by atoms with Gasteiger partial charge in [-0.3, -0.25) is 24.5 Å². The van der Waals surface area contributed by atoms with Gasteiger partial charge in [-0.2, -0.15) is 28.8 Å². The Bertz CT molecular complexity index is 5540. The van der Waals surface area contributed by atoms with Crippen molar-refractivity contribution in [1.29, 1.82) is 5.26 Å².